The van der Waals surface area contributed by atoms with Crippen LogP contribution in [0.4, 0.5) is 0 Å². The Balaban J connectivity index is 2.27. The Morgan fingerprint density at radius 1 is 1.44 bits per heavy atom. The molecule has 0 bridgehead atoms. The van der Waals surface area contributed by atoms with E-state index in [0.29, 0.717) is 16.0 Å². The van der Waals surface area contributed by atoms with Gasteiger partial charge in [0, 0.05) is 17.8 Å². The molecule has 0 spiro atoms. The number of thiazole rings is 1. The van der Waals surface area contributed by atoms with Crippen LogP contribution < -0.4 is 4.74 Å². The number of aliphatic hydroxyl groups is 1. The van der Waals surface area contributed by atoms with Crippen molar-refractivity contribution in [3.63, 3.8) is 0 Å². The van der Waals surface area contributed by atoms with Gasteiger partial charge in [0.05, 0.1) is 17.5 Å². The molecule has 0 radical (unpaired) electrons. The standard InChI is InChI=1S/C10H9BrN2O2S/c1-15-7-3-2-6(4-12-7)8(14)9-10(11)13-5-16-9/h2-5,8,14H,1H3. The molecule has 0 fully saturated rings. The molecule has 0 aromatic carbocycles. The minimum absolute atomic E-state index is 0.527. The van der Waals surface area contributed by atoms with E-state index in [-0.39, 0.29) is 0 Å². The average molecular weight is 301 g/mol. The second-order valence-electron chi connectivity index (χ2n) is 3.04. The lowest BCUT2D eigenvalue weighted by molar-refractivity contribution is 0.222. The van der Waals surface area contributed by atoms with Crippen molar-refractivity contribution in [2.24, 2.45) is 0 Å². The minimum Gasteiger partial charge on any atom is -0.481 e. The van der Waals surface area contributed by atoms with Gasteiger partial charge in [-0.2, -0.15) is 0 Å². The monoisotopic (exact) mass is 300 g/mol. The maximum Gasteiger partial charge on any atom is 0.212 e. The molecule has 2 aromatic heterocycles. The van der Waals surface area contributed by atoms with E-state index < -0.39 is 6.10 Å². The van der Waals surface area contributed by atoms with E-state index in [9.17, 15) is 5.11 Å². The molecule has 16 heavy (non-hydrogen) atoms. The van der Waals surface area contributed by atoms with Crippen LogP contribution in [0.3, 0.4) is 0 Å². The number of hydrogen-bond donors (Lipinski definition) is 1. The van der Waals surface area contributed by atoms with Gasteiger partial charge in [-0.1, -0.05) is 0 Å². The van der Waals surface area contributed by atoms with Crippen LogP contribution in [0, 0.1) is 0 Å². The molecule has 2 aromatic rings. The molecule has 84 valence electrons. The zero-order valence-corrected chi connectivity index (χ0v) is 10.8. The molecule has 2 heterocycles. The van der Waals surface area contributed by atoms with Gasteiger partial charge in [-0.25, -0.2) is 9.97 Å². The molecule has 0 amide bonds. The lowest BCUT2D eigenvalue weighted by Gasteiger charge is -2.09. The van der Waals surface area contributed by atoms with Crippen molar-refractivity contribution >= 4 is 27.3 Å². The number of hydrogen-bond acceptors (Lipinski definition) is 5. The number of nitrogens with zero attached hydrogens (tertiary/aromatic N) is 2. The van der Waals surface area contributed by atoms with Crippen LogP contribution in [0.15, 0.2) is 28.4 Å². The number of pyridine rings is 1. The number of halogens is 1. The molecule has 0 saturated carbocycles. The lowest BCUT2D eigenvalue weighted by atomic mass is 10.1. The Labute approximate surface area is 105 Å². The molecule has 0 aliphatic rings. The fourth-order valence-electron chi connectivity index (χ4n) is 1.24. The van der Waals surface area contributed by atoms with E-state index in [1.54, 1.807) is 30.9 Å². The fraction of sp³-hybridized carbons (Fsp3) is 0.200. The van der Waals surface area contributed by atoms with E-state index in [2.05, 4.69) is 25.9 Å². The third kappa shape index (κ3) is 2.23. The molecule has 1 N–H and O–H groups in total. The van der Waals surface area contributed by atoms with Gasteiger partial charge in [-0.05, 0) is 22.0 Å². The second-order valence-corrected chi connectivity index (χ2v) is 4.68. The van der Waals surface area contributed by atoms with Crippen molar-refractivity contribution in [1.82, 2.24) is 9.97 Å². The first-order valence-corrected chi connectivity index (χ1v) is 6.16. The van der Waals surface area contributed by atoms with Crippen molar-refractivity contribution in [1.29, 1.82) is 0 Å². The first kappa shape index (κ1) is 11.5. The van der Waals surface area contributed by atoms with Gasteiger partial charge in [0.15, 0.2) is 0 Å². The normalized spacial score (nSPS) is 12.4. The van der Waals surface area contributed by atoms with Crippen molar-refractivity contribution in [2.45, 2.75) is 6.10 Å². The van der Waals surface area contributed by atoms with Gasteiger partial charge in [0.25, 0.3) is 0 Å². The third-order valence-electron chi connectivity index (χ3n) is 2.08. The SMILES string of the molecule is COc1ccc(C(O)c2scnc2Br)cn1. The third-order valence-corrected chi connectivity index (χ3v) is 3.86. The average Bonchev–Trinajstić information content (AvgIpc) is 2.75. The number of aliphatic hydroxyl groups excluding tert-OH is 1. The summed E-state index contributed by atoms with van der Waals surface area (Å²) >= 11 is 4.68. The highest BCUT2D eigenvalue weighted by molar-refractivity contribution is 9.10. The fourth-order valence-corrected chi connectivity index (χ4v) is 2.67. The number of aromatic nitrogens is 2. The summed E-state index contributed by atoms with van der Waals surface area (Å²) in [7, 11) is 1.55. The van der Waals surface area contributed by atoms with Crippen LogP contribution in [0.2, 0.25) is 0 Å². The second kappa shape index (κ2) is 4.90. The highest BCUT2D eigenvalue weighted by Crippen LogP contribution is 2.31. The molecule has 0 aliphatic carbocycles. The predicted molar refractivity (Wildman–Crippen MR) is 64.7 cm³/mol. The van der Waals surface area contributed by atoms with E-state index in [4.69, 9.17) is 4.74 Å². The molecular formula is C10H9BrN2O2S. The molecule has 6 heteroatoms. The summed E-state index contributed by atoms with van der Waals surface area (Å²) in [5.41, 5.74) is 2.39. The topological polar surface area (TPSA) is 55.2 Å². The Kier molecular flexibility index (Phi) is 3.52. The summed E-state index contributed by atoms with van der Waals surface area (Å²) in [5, 5.41) is 10.1. The number of ether oxygens (including phenoxy) is 1. The van der Waals surface area contributed by atoms with Crippen molar-refractivity contribution in [3.05, 3.63) is 38.9 Å². The van der Waals surface area contributed by atoms with Crippen LogP contribution in [0.25, 0.3) is 0 Å². The summed E-state index contributed by atoms with van der Waals surface area (Å²) in [5.74, 6) is 0.527. The van der Waals surface area contributed by atoms with Gasteiger partial charge < -0.3 is 9.84 Å². The maximum absolute atomic E-state index is 10.1. The molecule has 1 unspecified atom stereocenters. The van der Waals surface area contributed by atoms with Gasteiger partial charge in [-0.3, -0.25) is 0 Å². The molecular weight excluding hydrogens is 292 g/mol. The van der Waals surface area contributed by atoms with E-state index in [1.165, 1.54) is 11.3 Å². The van der Waals surface area contributed by atoms with Crippen molar-refractivity contribution in [3.8, 4) is 5.88 Å². The zero-order chi connectivity index (χ0) is 11.5. The van der Waals surface area contributed by atoms with E-state index in [0.717, 1.165) is 4.88 Å². The Hall–Kier alpha value is -0.980. The van der Waals surface area contributed by atoms with E-state index in [1.807, 2.05) is 0 Å². The lowest BCUT2D eigenvalue weighted by Crippen LogP contribution is -1.99. The Bertz CT molecular complexity index is 472. The number of rotatable bonds is 3. The highest BCUT2D eigenvalue weighted by atomic mass is 79.9. The van der Waals surface area contributed by atoms with E-state index >= 15 is 0 Å². The first-order valence-electron chi connectivity index (χ1n) is 4.49. The van der Waals surface area contributed by atoms with Crippen molar-refractivity contribution in [2.75, 3.05) is 7.11 Å². The highest BCUT2D eigenvalue weighted by Gasteiger charge is 2.16. The van der Waals surface area contributed by atoms with Gasteiger partial charge in [-0.15, -0.1) is 11.3 Å². The van der Waals surface area contributed by atoms with Crippen LogP contribution in [-0.2, 0) is 0 Å². The predicted octanol–water partition coefficient (Wildman–Crippen LogP) is 2.39. The molecule has 2 rings (SSSR count). The van der Waals surface area contributed by atoms with Crippen LogP contribution >= 0.6 is 27.3 Å². The molecule has 1 atom stereocenters. The van der Waals surface area contributed by atoms with Crippen LogP contribution in [0.1, 0.15) is 16.5 Å². The maximum atomic E-state index is 10.1. The Morgan fingerprint density at radius 3 is 2.75 bits per heavy atom. The summed E-state index contributed by atoms with van der Waals surface area (Å²) in [4.78, 5) is 8.84. The van der Waals surface area contributed by atoms with Gasteiger partial charge in [0.1, 0.15) is 10.7 Å². The Morgan fingerprint density at radius 2 is 2.25 bits per heavy atom. The van der Waals surface area contributed by atoms with Crippen molar-refractivity contribution < 1.29 is 9.84 Å². The zero-order valence-electron chi connectivity index (χ0n) is 8.42. The summed E-state index contributed by atoms with van der Waals surface area (Å²) in [6, 6.07) is 3.50. The summed E-state index contributed by atoms with van der Waals surface area (Å²) in [6.45, 7) is 0. The van der Waals surface area contributed by atoms with Crippen LogP contribution in [0.5, 0.6) is 5.88 Å². The minimum atomic E-state index is -0.708. The van der Waals surface area contributed by atoms with Gasteiger partial charge >= 0.3 is 0 Å². The van der Waals surface area contributed by atoms with Crippen LogP contribution in [-0.4, -0.2) is 22.2 Å². The molecule has 0 saturated heterocycles. The summed E-state index contributed by atoms with van der Waals surface area (Å²) in [6.07, 6.45) is 0.885. The largest absolute Gasteiger partial charge is 0.481 e. The number of methoxy groups -OCH3 is 1. The summed E-state index contributed by atoms with van der Waals surface area (Å²) < 4.78 is 5.62. The smallest absolute Gasteiger partial charge is 0.212 e. The first-order chi connectivity index (χ1) is 7.72. The molecule has 4 nitrogen and oxygen atoms in total. The quantitative estimate of drug-likeness (QED) is 0.946. The molecule has 0 aliphatic heterocycles. The van der Waals surface area contributed by atoms with Gasteiger partial charge in [0.2, 0.25) is 5.88 Å².